The topological polar surface area (TPSA) is 15.3 Å². The molecule has 1 aliphatic heterocycles. The molecule has 1 atom stereocenters. The van der Waals surface area contributed by atoms with E-state index in [1.54, 1.807) is 13.0 Å². The first kappa shape index (κ1) is 11.4. The van der Waals surface area contributed by atoms with Crippen LogP contribution in [0.5, 0.6) is 0 Å². The highest BCUT2D eigenvalue weighted by Gasteiger charge is 2.22. The van der Waals surface area contributed by atoms with Crippen LogP contribution in [0, 0.1) is 18.7 Å². The van der Waals surface area contributed by atoms with Crippen molar-refractivity contribution in [2.24, 2.45) is 5.92 Å². The first-order chi connectivity index (χ1) is 7.70. The molecule has 0 saturated carbocycles. The predicted octanol–water partition coefficient (Wildman–Crippen LogP) is 2.18. The molecule has 1 heterocycles. The molecule has 0 amide bonds. The summed E-state index contributed by atoms with van der Waals surface area (Å²) in [5.41, 5.74) is 1.73. The summed E-state index contributed by atoms with van der Waals surface area (Å²) >= 11 is 0. The van der Waals surface area contributed by atoms with E-state index in [9.17, 15) is 4.39 Å². The molecule has 88 valence electrons. The molecule has 0 radical (unpaired) electrons. The number of benzene rings is 1. The van der Waals surface area contributed by atoms with Crippen molar-refractivity contribution in [1.82, 2.24) is 5.32 Å². The van der Waals surface area contributed by atoms with Gasteiger partial charge in [0.2, 0.25) is 0 Å². The van der Waals surface area contributed by atoms with Crippen LogP contribution in [-0.2, 0) is 0 Å². The molecule has 0 spiro atoms. The summed E-state index contributed by atoms with van der Waals surface area (Å²) < 4.78 is 13.4. The molecule has 1 saturated heterocycles. The van der Waals surface area contributed by atoms with Crippen molar-refractivity contribution >= 4 is 5.69 Å². The number of nitrogens with zero attached hydrogens (tertiary/aromatic N) is 1. The normalized spacial score (nSPS) is 20.4. The first-order valence-corrected chi connectivity index (χ1v) is 5.86. The molecule has 1 unspecified atom stereocenters. The van der Waals surface area contributed by atoms with Gasteiger partial charge in [0.15, 0.2) is 0 Å². The van der Waals surface area contributed by atoms with Crippen molar-refractivity contribution in [1.29, 1.82) is 0 Å². The number of anilines is 1. The Morgan fingerprint density at radius 1 is 1.50 bits per heavy atom. The zero-order valence-corrected chi connectivity index (χ0v) is 9.96. The van der Waals surface area contributed by atoms with Crippen LogP contribution in [0.1, 0.15) is 12.0 Å². The molecule has 1 fully saturated rings. The van der Waals surface area contributed by atoms with Crippen molar-refractivity contribution in [3.8, 4) is 0 Å². The minimum atomic E-state index is -0.102. The molecule has 2 nitrogen and oxygen atoms in total. The van der Waals surface area contributed by atoms with Gasteiger partial charge >= 0.3 is 0 Å². The zero-order chi connectivity index (χ0) is 11.5. The molecule has 1 aliphatic rings. The van der Waals surface area contributed by atoms with E-state index >= 15 is 0 Å². The van der Waals surface area contributed by atoms with Crippen LogP contribution in [0.3, 0.4) is 0 Å². The van der Waals surface area contributed by atoms with Crippen molar-refractivity contribution in [2.45, 2.75) is 13.3 Å². The molecule has 0 aromatic heterocycles. The zero-order valence-electron chi connectivity index (χ0n) is 9.96. The van der Waals surface area contributed by atoms with Gasteiger partial charge in [-0.3, -0.25) is 0 Å². The minimum Gasteiger partial charge on any atom is -0.371 e. The van der Waals surface area contributed by atoms with Crippen LogP contribution in [0.25, 0.3) is 0 Å². The van der Waals surface area contributed by atoms with Crippen molar-refractivity contribution < 1.29 is 4.39 Å². The smallest absolute Gasteiger partial charge is 0.128 e. The molecular weight excluding hydrogens is 203 g/mol. The fourth-order valence-corrected chi connectivity index (χ4v) is 2.30. The fourth-order valence-electron chi connectivity index (χ4n) is 2.30. The lowest BCUT2D eigenvalue weighted by atomic mass is 10.1. The maximum atomic E-state index is 13.4. The van der Waals surface area contributed by atoms with Crippen LogP contribution in [0.4, 0.5) is 10.1 Å². The number of rotatable bonds is 3. The van der Waals surface area contributed by atoms with Crippen molar-refractivity contribution in [3.05, 3.63) is 29.6 Å². The summed E-state index contributed by atoms with van der Waals surface area (Å²) in [6, 6.07) is 5.52. The number of nitrogens with one attached hydrogen (secondary N) is 1. The van der Waals surface area contributed by atoms with Crippen LogP contribution in [0.2, 0.25) is 0 Å². The Hall–Kier alpha value is -1.09. The molecule has 16 heavy (non-hydrogen) atoms. The molecule has 2 rings (SSSR count). The number of aryl methyl sites for hydroxylation is 1. The van der Waals surface area contributed by atoms with Gasteiger partial charge in [-0.2, -0.15) is 0 Å². The molecular formula is C13H19FN2. The van der Waals surface area contributed by atoms with E-state index in [-0.39, 0.29) is 5.82 Å². The average Bonchev–Trinajstić information content (AvgIpc) is 2.71. The van der Waals surface area contributed by atoms with Gasteiger partial charge in [-0.1, -0.05) is 6.07 Å². The lowest BCUT2D eigenvalue weighted by Gasteiger charge is -2.19. The predicted molar refractivity (Wildman–Crippen MR) is 65.4 cm³/mol. The standard InChI is InChI=1S/C13H19FN2/c1-10-3-4-12(7-13(10)14)16-6-5-11(9-16)8-15-2/h3-4,7,11,15H,5-6,8-9H2,1-2H3. The third-order valence-corrected chi connectivity index (χ3v) is 3.30. The van der Waals surface area contributed by atoms with Crippen LogP contribution < -0.4 is 10.2 Å². The monoisotopic (exact) mass is 222 g/mol. The quantitative estimate of drug-likeness (QED) is 0.843. The second kappa shape index (κ2) is 4.83. The second-order valence-electron chi connectivity index (χ2n) is 4.59. The van der Waals surface area contributed by atoms with Gasteiger partial charge in [-0.25, -0.2) is 4.39 Å². The Labute approximate surface area is 96.5 Å². The molecule has 1 aromatic rings. The van der Waals surface area contributed by atoms with E-state index in [0.29, 0.717) is 5.92 Å². The lowest BCUT2D eigenvalue weighted by molar-refractivity contribution is 0.549. The van der Waals surface area contributed by atoms with E-state index in [1.165, 1.54) is 6.42 Å². The second-order valence-corrected chi connectivity index (χ2v) is 4.59. The maximum Gasteiger partial charge on any atom is 0.128 e. The SMILES string of the molecule is CNCC1CCN(c2ccc(C)c(F)c2)C1. The number of hydrogen-bond donors (Lipinski definition) is 1. The van der Waals surface area contributed by atoms with E-state index in [0.717, 1.165) is 30.9 Å². The number of hydrogen-bond acceptors (Lipinski definition) is 2. The Kier molecular flexibility index (Phi) is 3.44. The molecule has 0 aliphatic carbocycles. The Morgan fingerprint density at radius 2 is 2.31 bits per heavy atom. The molecule has 1 N–H and O–H groups in total. The van der Waals surface area contributed by atoms with E-state index in [4.69, 9.17) is 0 Å². The van der Waals surface area contributed by atoms with Crippen LogP contribution in [-0.4, -0.2) is 26.7 Å². The highest BCUT2D eigenvalue weighted by molar-refractivity contribution is 5.49. The van der Waals surface area contributed by atoms with Crippen LogP contribution in [0.15, 0.2) is 18.2 Å². The highest BCUT2D eigenvalue weighted by Crippen LogP contribution is 2.24. The summed E-state index contributed by atoms with van der Waals surface area (Å²) in [6.07, 6.45) is 1.19. The maximum absolute atomic E-state index is 13.4. The van der Waals surface area contributed by atoms with Gasteiger partial charge in [0, 0.05) is 18.8 Å². The van der Waals surface area contributed by atoms with E-state index in [1.807, 2.05) is 19.2 Å². The summed E-state index contributed by atoms with van der Waals surface area (Å²) in [7, 11) is 1.98. The van der Waals surface area contributed by atoms with E-state index in [2.05, 4.69) is 10.2 Å². The van der Waals surface area contributed by atoms with E-state index < -0.39 is 0 Å². The van der Waals surface area contributed by atoms with Gasteiger partial charge in [0.05, 0.1) is 0 Å². The minimum absolute atomic E-state index is 0.102. The Morgan fingerprint density at radius 3 is 3.00 bits per heavy atom. The molecule has 1 aromatic carbocycles. The van der Waals surface area contributed by atoms with Gasteiger partial charge in [-0.15, -0.1) is 0 Å². The first-order valence-electron chi connectivity index (χ1n) is 5.86. The Balaban J connectivity index is 2.05. The summed E-state index contributed by atoms with van der Waals surface area (Å²) in [5.74, 6) is 0.587. The van der Waals surface area contributed by atoms with Crippen molar-refractivity contribution in [2.75, 3.05) is 31.6 Å². The average molecular weight is 222 g/mol. The van der Waals surface area contributed by atoms with Gasteiger partial charge in [0.25, 0.3) is 0 Å². The van der Waals surface area contributed by atoms with Crippen LogP contribution >= 0.6 is 0 Å². The Bertz CT molecular complexity index is 365. The largest absolute Gasteiger partial charge is 0.371 e. The third-order valence-electron chi connectivity index (χ3n) is 3.30. The molecule has 0 bridgehead atoms. The highest BCUT2D eigenvalue weighted by atomic mass is 19.1. The summed E-state index contributed by atoms with van der Waals surface area (Å²) in [4.78, 5) is 2.27. The third kappa shape index (κ3) is 2.35. The lowest BCUT2D eigenvalue weighted by Crippen LogP contribution is -2.24. The van der Waals surface area contributed by atoms with Gasteiger partial charge in [-0.05, 0) is 50.6 Å². The molecule has 3 heteroatoms. The number of halogens is 1. The fraction of sp³-hybridized carbons (Fsp3) is 0.538. The van der Waals surface area contributed by atoms with Gasteiger partial charge < -0.3 is 10.2 Å². The van der Waals surface area contributed by atoms with Crippen molar-refractivity contribution in [3.63, 3.8) is 0 Å². The summed E-state index contributed by atoms with van der Waals surface area (Å²) in [6.45, 7) is 4.91. The van der Waals surface area contributed by atoms with Gasteiger partial charge in [0.1, 0.15) is 5.82 Å². The summed E-state index contributed by atoms with van der Waals surface area (Å²) in [5, 5.41) is 3.20.